The molecule has 1 aromatic heterocycles. The summed E-state index contributed by atoms with van der Waals surface area (Å²) in [5.41, 5.74) is 0.535. The normalized spacial score (nSPS) is 9.94. The lowest BCUT2D eigenvalue weighted by Crippen LogP contribution is -2.12. The molecule has 4 nitrogen and oxygen atoms in total. The van der Waals surface area contributed by atoms with Gasteiger partial charge >= 0.3 is 5.63 Å². The molecule has 1 heterocycles. The van der Waals surface area contributed by atoms with E-state index in [9.17, 15) is 9.59 Å². The molecular formula is C12H8INO3. The summed E-state index contributed by atoms with van der Waals surface area (Å²) in [7, 11) is 0. The lowest BCUT2D eigenvalue weighted by Gasteiger charge is -2.04. The average molecular weight is 341 g/mol. The van der Waals surface area contributed by atoms with E-state index in [0.717, 1.165) is 9.83 Å². The molecule has 1 N–H and O–H groups in total. The molecule has 0 saturated heterocycles. The van der Waals surface area contributed by atoms with E-state index in [1.807, 2.05) is 18.2 Å². The van der Waals surface area contributed by atoms with Crippen molar-refractivity contribution in [2.45, 2.75) is 0 Å². The number of nitrogens with one attached hydrogen (secondary N) is 1. The van der Waals surface area contributed by atoms with Crippen molar-refractivity contribution in [1.82, 2.24) is 0 Å². The minimum atomic E-state index is -0.476. The minimum Gasteiger partial charge on any atom is -0.430 e. The Labute approximate surface area is 111 Å². The third-order valence-corrected chi connectivity index (χ3v) is 2.72. The molecule has 0 aliphatic rings. The Hall–Kier alpha value is -1.63. The van der Waals surface area contributed by atoms with Gasteiger partial charge in [0.1, 0.15) is 6.26 Å². The zero-order valence-electron chi connectivity index (χ0n) is 8.64. The van der Waals surface area contributed by atoms with Crippen LogP contribution >= 0.6 is 22.6 Å². The topological polar surface area (TPSA) is 59.3 Å². The SMILES string of the molecule is O=C(Nc1cccc(I)c1)c1ccc(=O)oc1. The van der Waals surface area contributed by atoms with Gasteiger partial charge in [-0.2, -0.15) is 0 Å². The smallest absolute Gasteiger partial charge is 0.335 e. The average Bonchev–Trinajstić information content (AvgIpc) is 2.29. The minimum absolute atomic E-state index is 0.309. The number of carbonyl (C=O) groups is 1. The quantitative estimate of drug-likeness (QED) is 0.854. The van der Waals surface area contributed by atoms with Crippen molar-refractivity contribution < 1.29 is 9.21 Å². The first-order chi connectivity index (χ1) is 8.15. The zero-order chi connectivity index (χ0) is 12.3. The molecule has 0 aliphatic carbocycles. The van der Waals surface area contributed by atoms with Crippen molar-refractivity contribution in [2.24, 2.45) is 0 Å². The molecule has 2 rings (SSSR count). The molecule has 1 amide bonds. The first kappa shape index (κ1) is 11.8. The number of halogens is 1. The summed E-state index contributed by atoms with van der Waals surface area (Å²) in [6.45, 7) is 0. The van der Waals surface area contributed by atoms with Gasteiger partial charge in [0.05, 0.1) is 5.56 Å². The fraction of sp³-hybridized carbons (Fsp3) is 0. The largest absolute Gasteiger partial charge is 0.430 e. The lowest BCUT2D eigenvalue weighted by molar-refractivity contribution is 0.102. The molecule has 0 saturated carbocycles. The van der Waals surface area contributed by atoms with Crippen molar-refractivity contribution in [3.8, 4) is 0 Å². The zero-order valence-corrected chi connectivity index (χ0v) is 10.8. The van der Waals surface area contributed by atoms with Crippen LogP contribution in [0.3, 0.4) is 0 Å². The van der Waals surface area contributed by atoms with E-state index in [1.54, 1.807) is 6.07 Å². The van der Waals surface area contributed by atoms with Crippen LogP contribution in [0, 0.1) is 3.57 Å². The van der Waals surface area contributed by atoms with Gasteiger partial charge < -0.3 is 9.73 Å². The predicted octanol–water partition coefficient (Wildman–Crippen LogP) is 2.50. The first-order valence-electron chi connectivity index (χ1n) is 4.81. The number of anilines is 1. The van der Waals surface area contributed by atoms with E-state index < -0.39 is 5.63 Å². The Kier molecular flexibility index (Phi) is 3.58. The standard InChI is InChI=1S/C12H8INO3/c13-9-2-1-3-10(6-9)14-12(16)8-4-5-11(15)17-7-8/h1-7H,(H,14,16). The van der Waals surface area contributed by atoms with E-state index in [1.165, 1.54) is 12.1 Å². The van der Waals surface area contributed by atoms with Crippen LogP contribution in [0.2, 0.25) is 0 Å². The third kappa shape index (κ3) is 3.16. The van der Waals surface area contributed by atoms with E-state index >= 15 is 0 Å². The van der Waals surface area contributed by atoms with E-state index in [2.05, 4.69) is 32.3 Å². The highest BCUT2D eigenvalue weighted by atomic mass is 127. The molecule has 0 atom stereocenters. The highest BCUT2D eigenvalue weighted by Gasteiger charge is 2.06. The van der Waals surface area contributed by atoms with Crippen LogP contribution in [0.1, 0.15) is 10.4 Å². The Balaban J connectivity index is 2.17. The monoisotopic (exact) mass is 341 g/mol. The van der Waals surface area contributed by atoms with E-state index in [4.69, 9.17) is 0 Å². The van der Waals surface area contributed by atoms with Gasteiger partial charge in [0.2, 0.25) is 0 Å². The second-order valence-electron chi connectivity index (χ2n) is 3.31. The van der Waals surface area contributed by atoms with Crippen LogP contribution in [-0.4, -0.2) is 5.91 Å². The lowest BCUT2D eigenvalue weighted by atomic mass is 10.2. The van der Waals surface area contributed by atoms with E-state index in [0.29, 0.717) is 11.3 Å². The summed E-state index contributed by atoms with van der Waals surface area (Å²) in [5, 5.41) is 2.71. The molecule has 0 radical (unpaired) electrons. The number of hydrogen-bond donors (Lipinski definition) is 1. The van der Waals surface area contributed by atoms with Crippen LogP contribution in [0.5, 0.6) is 0 Å². The number of carbonyl (C=O) groups excluding carboxylic acids is 1. The van der Waals surface area contributed by atoms with Gasteiger partial charge in [-0.15, -0.1) is 0 Å². The predicted molar refractivity (Wildman–Crippen MR) is 72.1 cm³/mol. The summed E-state index contributed by atoms with van der Waals surface area (Å²) in [6.07, 6.45) is 1.14. The molecule has 1 aromatic carbocycles. The Bertz CT molecular complexity index is 586. The van der Waals surface area contributed by atoms with Crippen LogP contribution < -0.4 is 10.9 Å². The summed E-state index contributed by atoms with van der Waals surface area (Å²) in [4.78, 5) is 22.5. The van der Waals surface area contributed by atoms with Gasteiger partial charge in [-0.1, -0.05) is 6.07 Å². The Morgan fingerprint density at radius 1 is 1.24 bits per heavy atom. The number of amides is 1. The first-order valence-corrected chi connectivity index (χ1v) is 5.89. The molecule has 0 aliphatic heterocycles. The van der Waals surface area contributed by atoms with Crippen molar-refractivity contribution in [3.05, 3.63) is 62.2 Å². The van der Waals surface area contributed by atoms with Crippen molar-refractivity contribution >= 4 is 34.2 Å². The summed E-state index contributed by atoms with van der Waals surface area (Å²) in [6, 6.07) is 10.1. The Morgan fingerprint density at radius 2 is 2.06 bits per heavy atom. The van der Waals surface area contributed by atoms with Gasteiger partial charge in [0, 0.05) is 15.3 Å². The fourth-order valence-corrected chi connectivity index (χ4v) is 1.80. The van der Waals surface area contributed by atoms with Gasteiger partial charge in [0.15, 0.2) is 0 Å². The molecule has 0 spiro atoms. The number of benzene rings is 1. The van der Waals surface area contributed by atoms with Crippen LogP contribution in [0.25, 0.3) is 0 Å². The molecule has 2 aromatic rings. The van der Waals surface area contributed by atoms with Crippen molar-refractivity contribution in [1.29, 1.82) is 0 Å². The highest BCUT2D eigenvalue weighted by Crippen LogP contribution is 2.13. The third-order valence-electron chi connectivity index (χ3n) is 2.05. The van der Waals surface area contributed by atoms with Crippen LogP contribution in [-0.2, 0) is 0 Å². The van der Waals surface area contributed by atoms with Gasteiger partial charge in [0.25, 0.3) is 5.91 Å². The van der Waals surface area contributed by atoms with Crippen molar-refractivity contribution in [3.63, 3.8) is 0 Å². The number of rotatable bonds is 2. The Morgan fingerprint density at radius 3 is 2.71 bits per heavy atom. The molecular weight excluding hydrogens is 333 g/mol. The molecule has 0 bridgehead atoms. The second-order valence-corrected chi connectivity index (χ2v) is 4.55. The second kappa shape index (κ2) is 5.13. The van der Waals surface area contributed by atoms with E-state index in [-0.39, 0.29) is 5.91 Å². The number of hydrogen-bond acceptors (Lipinski definition) is 3. The van der Waals surface area contributed by atoms with Gasteiger partial charge in [-0.3, -0.25) is 4.79 Å². The molecule has 0 fully saturated rings. The molecule has 86 valence electrons. The van der Waals surface area contributed by atoms with Gasteiger partial charge in [-0.05, 0) is 46.9 Å². The highest BCUT2D eigenvalue weighted by molar-refractivity contribution is 14.1. The summed E-state index contributed by atoms with van der Waals surface area (Å²) in [5.74, 6) is -0.309. The molecule has 17 heavy (non-hydrogen) atoms. The maximum Gasteiger partial charge on any atom is 0.335 e. The molecule has 5 heteroatoms. The molecule has 0 unspecified atom stereocenters. The fourth-order valence-electron chi connectivity index (χ4n) is 1.26. The summed E-state index contributed by atoms with van der Waals surface area (Å²) < 4.78 is 5.65. The van der Waals surface area contributed by atoms with Crippen LogP contribution in [0.15, 0.2) is 51.9 Å². The maximum atomic E-state index is 11.8. The van der Waals surface area contributed by atoms with Crippen LogP contribution in [0.4, 0.5) is 5.69 Å². The van der Waals surface area contributed by atoms with Crippen molar-refractivity contribution in [2.75, 3.05) is 5.32 Å². The van der Waals surface area contributed by atoms with Gasteiger partial charge in [-0.25, -0.2) is 4.79 Å². The maximum absolute atomic E-state index is 11.8. The summed E-state index contributed by atoms with van der Waals surface area (Å²) >= 11 is 2.16.